The zero-order valence-corrected chi connectivity index (χ0v) is 11.4. The topological polar surface area (TPSA) is 49.8 Å². The molecule has 1 aromatic carbocycles. The molecule has 0 radical (unpaired) electrons. The van der Waals surface area contributed by atoms with Crippen molar-refractivity contribution in [2.45, 2.75) is 20.8 Å². The molecule has 0 saturated heterocycles. The van der Waals surface area contributed by atoms with Gasteiger partial charge < -0.3 is 14.7 Å². The van der Waals surface area contributed by atoms with Gasteiger partial charge >= 0.3 is 5.97 Å². The van der Waals surface area contributed by atoms with Gasteiger partial charge in [0.2, 0.25) is 0 Å². The third-order valence-electron chi connectivity index (χ3n) is 2.97. The third kappa shape index (κ3) is 3.39. The van der Waals surface area contributed by atoms with Crippen LogP contribution in [0, 0.1) is 12.8 Å². The number of carbonyl (C=O) groups is 1. The van der Waals surface area contributed by atoms with E-state index in [0.29, 0.717) is 6.54 Å². The Morgan fingerprint density at radius 1 is 1.50 bits per heavy atom. The third-order valence-corrected chi connectivity index (χ3v) is 2.97. The van der Waals surface area contributed by atoms with Crippen molar-refractivity contribution in [2.24, 2.45) is 5.92 Å². The van der Waals surface area contributed by atoms with E-state index in [4.69, 9.17) is 9.84 Å². The molecule has 0 heterocycles. The van der Waals surface area contributed by atoms with Crippen molar-refractivity contribution >= 4 is 11.7 Å². The molecule has 0 amide bonds. The number of aryl methyl sites for hydroxylation is 1. The van der Waals surface area contributed by atoms with Crippen molar-refractivity contribution in [3.8, 4) is 5.75 Å². The number of aliphatic carboxylic acids is 1. The number of nitrogens with zero attached hydrogens (tertiary/aromatic N) is 1. The van der Waals surface area contributed by atoms with Gasteiger partial charge in [-0.25, -0.2) is 0 Å². The molecular weight excluding hydrogens is 230 g/mol. The number of rotatable bonds is 6. The predicted molar refractivity (Wildman–Crippen MR) is 72.4 cm³/mol. The maximum Gasteiger partial charge on any atom is 0.308 e. The van der Waals surface area contributed by atoms with Gasteiger partial charge in [-0.05, 0) is 31.5 Å². The zero-order valence-electron chi connectivity index (χ0n) is 11.4. The Bertz CT molecular complexity index is 418. The van der Waals surface area contributed by atoms with Crippen molar-refractivity contribution < 1.29 is 14.6 Å². The summed E-state index contributed by atoms with van der Waals surface area (Å²) in [7, 11) is 1.63. The van der Waals surface area contributed by atoms with E-state index in [-0.39, 0.29) is 0 Å². The van der Waals surface area contributed by atoms with Gasteiger partial charge in [-0.3, -0.25) is 4.79 Å². The van der Waals surface area contributed by atoms with Crippen LogP contribution in [0.2, 0.25) is 0 Å². The molecule has 1 N–H and O–H groups in total. The van der Waals surface area contributed by atoms with Crippen LogP contribution in [0.15, 0.2) is 18.2 Å². The Kier molecular flexibility index (Phi) is 5.01. The van der Waals surface area contributed by atoms with Gasteiger partial charge in [0.1, 0.15) is 5.75 Å². The van der Waals surface area contributed by atoms with Crippen LogP contribution < -0.4 is 9.64 Å². The summed E-state index contributed by atoms with van der Waals surface area (Å²) in [6.45, 7) is 6.96. The second-order valence-electron chi connectivity index (χ2n) is 4.45. The molecule has 18 heavy (non-hydrogen) atoms. The minimum absolute atomic E-state index is 0.407. The molecule has 0 aliphatic carbocycles. The van der Waals surface area contributed by atoms with E-state index in [2.05, 4.69) is 0 Å². The van der Waals surface area contributed by atoms with Crippen LogP contribution in [0.25, 0.3) is 0 Å². The lowest BCUT2D eigenvalue weighted by molar-refractivity contribution is -0.140. The Morgan fingerprint density at radius 3 is 2.67 bits per heavy atom. The number of ether oxygens (including phenoxy) is 1. The fourth-order valence-corrected chi connectivity index (χ4v) is 1.85. The quantitative estimate of drug-likeness (QED) is 0.844. The monoisotopic (exact) mass is 251 g/mol. The van der Waals surface area contributed by atoms with Crippen molar-refractivity contribution in [1.29, 1.82) is 0 Å². The largest absolute Gasteiger partial charge is 0.495 e. The number of benzene rings is 1. The van der Waals surface area contributed by atoms with Crippen LogP contribution in [-0.4, -0.2) is 31.3 Å². The Labute approximate surface area is 108 Å². The van der Waals surface area contributed by atoms with E-state index in [1.807, 2.05) is 36.9 Å². The fraction of sp³-hybridized carbons (Fsp3) is 0.500. The number of anilines is 1. The molecule has 0 aliphatic heterocycles. The number of hydrogen-bond donors (Lipinski definition) is 1. The standard InChI is InChI=1S/C14H21NO3/c1-5-15(9-11(3)14(16)17)12-8-10(2)6-7-13(12)18-4/h6-8,11H,5,9H2,1-4H3,(H,16,17). The van der Waals surface area contributed by atoms with Gasteiger partial charge in [0.25, 0.3) is 0 Å². The summed E-state index contributed by atoms with van der Waals surface area (Å²) >= 11 is 0. The molecule has 0 saturated carbocycles. The van der Waals surface area contributed by atoms with E-state index < -0.39 is 11.9 Å². The summed E-state index contributed by atoms with van der Waals surface area (Å²) in [5.74, 6) is -0.407. The lowest BCUT2D eigenvalue weighted by atomic mass is 10.1. The van der Waals surface area contributed by atoms with Crippen LogP contribution in [0.1, 0.15) is 19.4 Å². The van der Waals surface area contributed by atoms with Crippen LogP contribution >= 0.6 is 0 Å². The Hall–Kier alpha value is -1.71. The van der Waals surface area contributed by atoms with Crippen molar-refractivity contribution in [1.82, 2.24) is 0 Å². The summed E-state index contributed by atoms with van der Waals surface area (Å²) in [6, 6.07) is 5.92. The molecular formula is C14H21NO3. The molecule has 1 atom stereocenters. The van der Waals surface area contributed by atoms with Gasteiger partial charge in [0, 0.05) is 13.1 Å². The second kappa shape index (κ2) is 6.28. The molecule has 0 aliphatic rings. The van der Waals surface area contributed by atoms with E-state index >= 15 is 0 Å². The number of carboxylic acids is 1. The molecule has 0 aromatic heterocycles. The Balaban J connectivity index is 3.00. The summed E-state index contributed by atoms with van der Waals surface area (Å²) in [5.41, 5.74) is 2.08. The minimum atomic E-state index is -0.778. The van der Waals surface area contributed by atoms with Gasteiger partial charge in [-0.1, -0.05) is 13.0 Å². The van der Waals surface area contributed by atoms with Crippen LogP contribution in [-0.2, 0) is 4.79 Å². The lowest BCUT2D eigenvalue weighted by Gasteiger charge is -2.27. The van der Waals surface area contributed by atoms with Crippen molar-refractivity contribution in [3.63, 3.8) is 0 Å². The smallest absolute Gasteiger partial charge is 0.308 e. The zero-order chi connectivity index (χ0) is 13.7. The van der Waals surface area contributed by atoms with Gasteiger partial charge in [-0.2, -0.15) is 0 Å². The van der Waals surface area contributed by atoms with E-state index in [9.17, 15) is 4.79 Å². The first-order valence-electron chi connectivity index (χ1n) is 6.12. The van der Waals surface area contributed by atoms with Crippen molar-refractivity contribution in [3.05, 3.63) is 23.8 Å². The van der Waals surface area contributed by atoms with E-state index in [1.54, 1.807) is 14.0 Å². The molecule has 0 fully saturated rings. The first-order chi connectivity index (χ1) is 8.49. The minimum Gasteiger partial charge on any atom is -0.495 e. The highest BCUT2D eigenvalue weighted by molar-refractivity contribution is 5.71. The summed E-state index contributed by atoms with van der Waals surface area (Å²) in [5, 5.41) is 9.00. The first-order valence-corrected chi connectivity index (χ1v) is 6.12. The van der Waals surface area contributed by atoms with Gasteiger partial charge in [-0.15, -0.1) is 0 Å². The molecule has 1 rings (SSSR count). The van der Waals surface area contributed by atoms with Gasteiger partial charge in [0.05, 0.1) is 18.7 Å². The van der Waals surface area contributed by atoms with Crippen LogP contribution in [0.3, 0.4) is 0 Å². The first kappa shape index (κ1) is 14.4. The van der Waals surface area contributed by atoms with E-state index in [0.717, 1.165) is 23.5 Å². The molecule has 4 heteroatoms. The normalized spacial score (nSPS) is 12.0. The molecule has 4 nitrogen and oxygen atoms in total. The molecule has 0 spiro atoms. The van der Waals surface area contributed by atoms with Gasteiger partial charge in [0.15, 0.2) is 0 Å². The van der Waals surface area contributed by atoms with Crippen LogP contribution in [0.4, 0.5) is 5.69 Å². The number of hydrogen-bond acceptors (Lipinski definition) is 3. The molecule has 1 unspecified atom stereocenters. The summed E-state index contributed by atoms with van der Waals surface area (Å²) in [6.07, 6.45) is 0. The molecule has 1 aromatic rings. The predicted octanol–water partition coefficient (Wildman–Crippen LogP) is 2.55. The molecule has 0 bridgehead atoms. The van der Waals surface area contributed by atoms with Crippen LogP contribution in [0.5, 0.6) is 5.75 Å². The SMILES string of the molecule is CCN(CC(C)C(=O)O)c1cc(C)ccc1OC. The average Bonchev–Trinajstić information content (AvgIpc) is 2.35. The highest BCUT2D eigenvalue weighted by Gasteiger charge is 2.18. The molecule has 100 valence electrons. The van der Waals surface area contributed by atoms with Crippen molar-refractivity contribution in [2.75, 3.05) is 25.1 Å². The highest BCUT2D eigenvalue weighted by atomic mass is 16.5. The lowest BCUT2D eigenvalue weighted by Crippen LogP contribution is -2.32. The Morgan fingerprint density at radius 2 is 2.17 bits per heavy atom. The summed E-state index contributed by atoms with van der Waals surface area (Å²) < 4.78 is 5.34. The maximum absolute atomic E-state index is 10.9. The van der Waals surface area contributed by atoms with E-state index in [1.165, 1.54) is 0 Å². The highest BCUT2D eigenvalue weighted by Crippen LogP contribution is 2.29. The summed E-state index contributed by atoms with van der Waals surface area (Å²) in [4.78, 5) is 13.0. The second-order valence-corrected chi connectivity index (χ2v) is 4.45. The fourth-order valence-electron chi connectivity index (χ4n) is 1.85. The number of methoxy groups -OCH3 is 1. The maximum atomic E-state index is 10.9. The number of carboxylic acid groups (broad SMARTS) is 1. The average molecular weight is 251 g/mol.